The molecule has 0 aliphatic carbocycles. The minimum absolute atomic E-state index is 0.0391. The summed E-state index contributed by atoms with van der Waals surface area (Å²) in [4.78, 5) is 10.5. The summed E-state index contributed by atoms with van der Waals surface area (Å²) in [6, 6.07) is 12.3. The van der Waals surface area contributed by atoms with Crippen LogP contribution < -0.4 is 11.1 Å². The van der Waals surface area contributed by atoms with Crippen molar-refractivity contribution in [2.24, 2.45) is 5.73 Å². The lowest BCUT2D eigenvalue weighted by Crippen LogP contribution is -2.07. The molecular formula is C14H14ClN3O2. The monoisotopic (exact) mass is 291 g/mol. The molecule has 0 heterocycles. The molecule has 104 valence electrons. The second-order valence-corrected chi connectivity index (χ2v) is 4.68. The highest BCUT2D eigenvalue weighted by molar-refractivity contribution is 6.30. The number of nitro benzene ring substituents is 1. The van der Waals surface area contributed by atoms with Gasteiger partial charge in [0.1, 0.15) is 5.69 Å². The zero-order chi connectivity index (χ0) is 14.5. The highest BCUT2D eigenvalue weighted by atomic mass is 35.5. The van der Waals surface area contributed by atoms with Gasteiger partial charge in [0.25, 0.3) is 5.69 Å². The van der Waals surface area contributed by atoms with Crippen LogP contribution in [0.25, 0.3) is 0 Å². The molecule has 5 nitrogen and oxygen atoms in total. The van der Waals surface area contributed by atoms with Crippen LogP contribution in [0.4, 0.5) is 11.4 Å². The molecule has 0 saturated heterocycles. The van der Waals surface area contributed by atoms with E-state index in [1.807, 2.05) is 24.3 Å². The van der Waals surface area contributed by atoms with Crippen LogP contribution in [0.3, 0.4) is 0 Å². The van der Waals surface area contributed by atoms with E-state index in [1.54, 1.807) is 12.1 Å². The van der Waals surface area contributed by atoms with Crippen LogP contribution >= 0.6 is 11.6 Å². The van der Waals surface area contributed by atoms with Crippen molar-refractivity contribution in [1.29, 1.82) is 0 Å². The smallest absolute Gasteiger partial charge is 0.293 e. The van der Waals surface area contributed by atoms with Crippen molar-refractivity contribution >= 4 is 23.0 Å². The molecule has 6 heteroatoms. The van der Waals surface area contributed by atoms with Crippen molar-refractivity contribution < 1.29 is 4.92 Å². The first kappa shape index (κ1) is 14.3. The van der Waals surface area contributed by atoms with Crippen molar-refractivity contribution in [3.05, 3.63) is 68.7 Å². The Balaban J connectivity index is 2.21. The van der Waals surface area contributed by atoms with E-state index < -0.39 is 4.92 Å². The highest BCUT2D eigenvalue weighted by Crippen LogP contribution is 2.28. The number of nitrogens with one attached hydrogen (secondary N) is 1. The summed E-state index contributed by atoms with van der Waals surface area (Å²) >= 11 is 5.78. The highest BCUT2D eigenvalue weighted by Gasteiger charge is 2.14. The lowest BCUT2D eigenvalue weighted by molar-refractivity contribution is -0.383. The molecule has 0 bridgehead atoms. The number of nitrogens with two attached hydrogens (primary N) is 1. The number of halogens is 1. The van der Waals surface area contributed by atoms with Gasteiger partial charge in [-0.05, 0) is 23.3 Å². The van der Waals surface area contributed by atoms with Gasteiger partial charge in [-0.15, -0.1) is 0 Å². The third-order valence-corrected chi connectivity index (χ3v) is 3.20. The van der Waals surface area contributed by atoms with Crippen LogP contribution in [-0.4, -0.2) is 4.92 Å². The number of hydrogen-bond acceptors (Lipinski definition) is 4. The molecule has 0 unspecified atom stereocenters. The molecule has 2 aromatic carbocycles. The Kier molecular flexibility index (Phi) is 4.55. The van der Waals surface area contributed by atoms with Crippen LogP contribution in [0.5, 0.6) is 0 Å². The van der Waals surface area contributed by atoms with E-state index in [9.17, 15) is 10.1 Å². The molecule has 0 aliphatic heterocycles. The van der Waals surface area contributed by atoms with Crippen molar-refractivity contribution in [3.8, 4) is 0 Å². The summed E-state index contributed by atoms with van der Waals surface area (Å²) in [6.07, 6.45) is 0. The molecule has 2 aromatic rings. The Morgan fingerprint density at radius 1 is 1.20 bits per heavy atom. The topological polar surface area (TPSA) is 81.2 Å². The summed E-state index contributed by atoms with van der Waals surface area (Å²) in [7, 11) is 0. The first-order valence-corrected chi connectivity index (χ1v) is 6.44. The zero-order valence-electron chi connectivity index (χ0n) is 10.7. The number of nitro groups is 1. The maximum absolute atomic E-state index is 11.0. The van der Waals surface area contributed by atoms with E-state index >= 15 is 0 Å². The molecule has 0 radical (unpaired) electrons. The van der Waals surface area contributed by atoms with Gasteiger partial charge in [-0.3, -0.25) is 10.1 Å². The SMILES string of the molecule is NCc1ccccc1CNc1ccc(Cl)cc1[N+](=O)[O-]. The predicted octanol–water partition coefficient (Wildman–Crippen LogP) is 3.32. The lowest BCUT2D eigenvalue weighted by Gasteiger charge is -2.10. The maximum Gasteiger partial charge on any atom is 0.293 e. The van der Waals surface area contributed by atoms with Gasteiger partial charge in [-0.25, -0.2) is 0 Å². The van der Waals surface area contributed by atoms with Crippen LogP contribution in [-0.2, 0) is 13.1 Å². The first-order chi connectivity index (χ1) is 9.61. The second-order valence-electron chi connectivity index (χ2n) is 4.24. The normalized spacial score (nSPS) is 10.3. The van der Waals surface area contributed by atoms with E-state index in [0.717, 1.165) is 11.1 Å². The molecule has 0 atom stereocenters. The number of benzene rings is 2. The average molecular weight is 292 g/mol. The fourth-order valence-electron chi connectivity index (χ4n) is 1.92. The summed E-state index contributed by atoms with van der Waals surface area (Å²) in [6.45, 7) is 0.899. The maximum atomic E-state index is 11.0. The first-order valence-electron chi connectivity index (χ1n) is 6.06. The number of rotatable bonds is 5. The van der Waals surface area contributed by atoms with Crippen LogP contribution in [0.1, 0.15) is 11.1 Å². The largest absolute Gasteiger partial charge is 0.375 e. The summed E-state index contributed by atoms with van der Waals surface area (Å²) in [5, 5.41) is 14.4. The Bertz CT molecular complexity index is 632. The zero-order valence-corrected chi connectivity index (χ0v) is 11.4. The average Bonchev–Trinajstić information content (AvgIpc) is 2.46. The molecule has 0 saturated carbocycles. The van der Waals surface area contributed by atoms with E-state index in [1.165, 1.54) is 6.07 Å². The van der Waals surface area contributed by atoms with Crippen LogP contribution in [0, 0.1) is 10.1 Å². The van der Waals surface area contributed by atoms with E-state index in [4.69, 9.17) is 17.3 Å². The molecule has 20 heavy (non-hydrogen) atoms. The van der Waals surface area contributed by atoms with E-state index in [-0.39, 0.29) is 5.69 Å². The van der Waals surface area contributed by atoms with Crippen LogP contribution in [0.15, 0.2) is 42.5 Å². The minimum atomic E-state index is -0.455. The van der Waals surface area contributed by atoms with Gasteiger partial charge in [-0.2, -0.15) is 0 Å². The lowest BCUT2D eigenvalue weighted by atomic mass is 10.1. The van der Waals surface area contributed by atoms with Crippen molar-refractivity contribution in [1.82, 2.24) is 0 Å². The molecule has 0 amide bonds. The van der Waals surface area contributed by atoms with Gasteiger partial charge >= 0.3 is 0 Å². The molecular weight excluding hydrogens is 278 g/mol. The molecule has 0 aliphatic rings. The molecule has 0 aromatic heterocycles. The second kappa shape index (κ2) is 6.36. The van der Waals surface area contributed by atoms with Crippen molar-refractivity contribution in [3.63, 3.8) is 0 Å². The van der Waals surface area contributed by atoms with E-state index in [0.29, 0.717) is 23.8 Å². The third kappa shape index (κ3) is 3.26. The molecule has 0 fully saturated rings. The fourth-order valence-corrected chi connectivity index (χ4v) is 2.09. The Morgan fingerprint density at radius 3 is 2.55 bits per heavy atom. The van der Waals surface area contributed by atoms with Gasteiger partial charge < -0.3 is 11.1 Å². The Morgan fingerprint density at radius 2 is 1.90 bits per heavy atom. The molecule has 3 N–H and O–H groups in total. The molecule has 0 spiro atoms. The number of anilines is 1. The van der Waals surface area contributed by atoms with Gasteiger partial charge in [0.2, 0.25) is 0 Å². The predicted molar refractivity (Wildman–Crippen MR) is 79.8 cm³/mol. The van der Waals surface area contributed by atoms with Crippen molar-refractivity contribution in [2.45, 2.75) is 13.1 Å². The minimum Gasteiger partial charge on any atom is -0.375 e. The summed E-state index contributed by atoms with van der Waals surface area (Å²) in [5.41, 5.74) is 8.09. The van der Waals surface area contributed by atoms with E-state index in [2.05, 4.69) is 5.32 Å². The Labute approximate surface area is 121 Å². The molecule has 2 rings (SSSR count). The van der Waals surface area contributed by atoms with Gasteiger partial charge in [0.15, 0.2) is 0 Å². The third-order valence-electron chi connectivity index (χ3n) is 2.96. The standard InChI is InChI=1S/C14H14ClN3O2/c15-12-5-6-13(14(7-12)18(19)20)17-9-11-4-2-1-3-10(11)8-16/h1-7,17H,8-9,16H2. The van der Waals surface area contributed by atoms with Gasteiger partial charge in [0, 0.05) is 24.2 Å². The van der Waals surface area contributed by atoms with Gasteiger partial charge in [0.05, 0.1) is 4.92 Å². The summed E-state index contributed by atoms with van der Waals surface area (Å²) in [5.74, 6) is 0. The number of nitrogens with zero attached hydrogens (tertiary/aromatic N) is 1. The quantitative estimate of drug-likeness (QED) is 0.654. The fraction of sp³-hybridized carbons (Fsp3) is 0.143. The van der Waals surface area contributed by atoms with Crippen molar-refractivity contribution in [2.75, 3.05) is 5.32 Å². The number of hydrogen-bond donors (Lipinski definition) is 2. The Hall–Kier alpha value is -2.11. The van der Waals surface area contributed by atoms with Crippen LogP contribution in [0.2, 0.25) is 5.02 Å². The van der Waals surface area contributed by atoms with Gasteiger partial charge in [-0.1, -0.05) is 35.9 Å². The summed E-state index contributed by atoms with van der Waals surface area (Å²) < 4.78 is 0.